The Morgan fingerprint density at radius 1 is 1.37 bits per heavy atom. The van der Waals surface area contributed by atoms with Gasteiger partial charge in [0.2, 0.25) is 5.91 Å². The molecule has 0 aromatic carbocycles. The van der Waals surface area contributed by atoms with Crippen molar-refractivity contribution in [2.75, 3.05) is 6.54 Å². The number of thiazole rings is 1. The molecule has 4 amide bonds. The van der Waals surface area contributed by atoms with E-state index >= 15 is 0 Å². The van der Waals surface area contributed by atoms with Crippen LogP contribution in [0.2, 0.25) is 0 Å². The Kier molecular flexibility index (Phi) is 5.34. The molecule has 0 spiro atoms. The number of aromatic nitrogens is 1. The Bertz CT molecular complexity index is 854. The van der Waals surface area contributed by atoms with Gasteiger partial charge in [-0.2, -0.15) is 11.3 Å². The van der Waals surface area contributed by atoms with Gasteiger partial charge in [-0.3, -0.25) is 14.5 Å². The number of nitrogens with one attached hydrogen (secondary N) is 2. The maximum atomic E-state index is 12.6. The van der Waals surface area contributed by atoms with Crippen LogP contribution in [-0.2, 0) is 16.0 Å². The number of imide groups is 1. The quantitative estimate of drug-likeness (QED) is 0.721. The van der Waals surface area contributed by atoms with E-state index in [1.54, 1.807) is 36.5 Å². The minimum atomic E-state index is -0.989. The molecule has 3 rings (SSSR count). The molecule has 1 unspecified atom stereocenters. The van der Waals surface area contributed by atoms with Gasteiger partial charge in [-0.1, -0.05) is 0 Å². The molecule has 3 heterocycles. The van der Waals surface area contributed by atoms with Crippen LogP contribution in [0.3, 0.4) is 0 Å². The predicted octanol–water partition coefficient (Wildman–Crippen LogP) is 2.55. The fourth-order valence-corrected chi connectivity index (χ4v) is 4.49. The van der Waals surface area contributed by atoms with Gasteiger partial charge in [0.1, 0.15) is 17.1 Å². The van der Waals surface area contributed by atoms with Crippen LogP contribution in [0, 0.1) is 13.8 Å². The van der Waals surface area contributed by atoms with Crippen molar-refractivity contribution in [1.82, 2.24) is 20.5 Å². The first-order chi connectivity index (χ1) is 12.7. The third-order valence-corrected chi connectivity index (χ3v) is 6.36. The highest BCUT2D eigenvalue weighted by Gasteiger charge is 2.45. The molecular formula is C18H22N4O3S2. The summed E-state index contributed by atoms with van der Waals surface area (Å²) in [4.78, 5) is 43.5. The van der Waals surface area contributed by atoms with Gasteiger partial charge < -0.3 is 10.6 Å². The second-order valence-corrected chi connectivity index (χ2v) is 9.11. The minimum Gasteiger partial charge on any atom is -0.345 e. The second kappa shape index (κ2) is 7.40. The first kappa shape index (κ1) is 19.5. The highest BCUT2D eigenvalue weighted by molar-refractivity contribution is 7.11. The molecule has 0 bridgehead atoms. The number of thiophene rings is 1. The third-order valence-electron chi connectivity index (χ3n) is 4.44. The van der Waals surface area contributed by atoms with E-state index in [4.69, 9.17) is 0 Å². The van der Waals surface area contributed by atoms with Gasteiger partial charge in [0.15, 0.2) is 0 Å². The molecule has 2 aromatic heterocycles. The molecule has 0 aliphatic carbocycles. The van der Waals surface area contributed by atoms with Gasteiger partial charge in [-0.05, 0) is 50.1 Å². The Morgan fingerprint density at radius 2 is 2.11 bits per heavy atom. The van der Waals surface area contributed by atoms with Crippen LogP contribution in [0.15, 0.2) is 16.8 Å². The fraction of sp³-hybridized carbons (Fsp3) is 0.444. The summed E-state index contributed by atoms with van der Waals surface area (Å²) in [6.07, 6.45) is 0.604. The van der Waals surface area contributed by atoms with Crippen molar-refractivity contribution in [3.8, 4) is 0 Å². The summed E-state index contributed by atoms with van der Waals surface area (Å²) in [7, 11) is 0. The average Bonchev–Trinajstić information content (AvgIpc) is 3.25. The first-order valence-corrected chi connectivity index (χ1v) is 10.3. The standard InChI is InChI=1S/C18H22N4O3S2/c1-10-11(2)27-15(19-10)13(7-12-5-6-26-9-12)20-14(23)8-22-16(24)18(3,4)21-17(22)25/h5-6,9,13H,7-8H2,1-4H3,(H,20,23)(H,21,25). The maximum absolute atomic E-state index is 12.6. The van der Waals surface area contributed by atoms with Crippen LogP contribution < -0.4 is 10.6 Å². The van der Waals surface area contributed by atoms with E-state index in [0.717, 1.165) is 26.0 Å². The summed E-state index contributed by atoms with van der Waals surface area (Å²) >= 11 is 3.14. The lowest BCUT2D eigenvalue weighted by Crippen LogP contribution is -2.44. The van der Waals surface area contributed by atoms with E-state index in [-0.39, 0.29) is 18.5 Å². The topological polar surface area (TPSA) is 91.4 Å². The SMILES string of the molecule is Cc1nc(C(Cc2ccsc2)NC(=O)CN2C(=O)NC(C)(C)C2=O)sc1C. The lowest BCUT2D eigenvalue weighted by molar-refractivity contribution is -0.134. The zero-order chi connectivity index (χ0) is 19.8. The molecule has 1 aliphatic rings. The van der Waals surface area contributed by atoms with Gasteiger partial charge in [-0.25, -0.2) is 9.78 Å². The summed E-state index contributed by atoms with van der Waals surface area (Å²) in [5, 5.41) is 10.4. The third kappa shape index (κ3) is 4.19. The van der Waals surface area contributed by atoms with Crippen LogP contribution in [0.25, 0.3) is 0 Å². The normalized spacial score (nSPS) is 17.1. The zero-order valence-electron chi connectivity index (χ0n) is 15.7. The number of amides is 4. The predicted molar refractivity (Wildman–Crippen MR) is 105 cm³/mol. The number of hydrogen-bond donors (Lipinski definition) is 2. The lowest BCUT2D eigenvalue weighted by atomic mass is 10.1. The van der Waals surface area contributed by atoms with E-state index in [1.165, 1.54) is 0 Å². The molecule has 144 valence electrons. The molecule has 0 radical (unpaired) electrons. The summed E-state index contributed by atoms with van der Waals surface area (Å²) < 4.78 is 0. The minimum absolute atomic E-state index is 0.307. The summed E-state index contributed by atoms with van der Waals surface area (Å²) in [6.45, 7) is 6.86. The first-order valence-electron chi connectivity index (χ1n) is 8.56. The van der Waals surface area contributed by atoms with Crippen molar-refractivity contribution in [3.05, 3.63) is 38.0 Å². The maximum Gasteiger partial charge on any atom is 0.325 e. The summed E-state index contributed by atoms with van der Waals surface area (Å²) in [5.41, 5.74) is 1.05. The van der Waals surface area contributed by atoms with Gasteiger partial charge >= 0.3 is 6.03 Å². The van der Waals surface area contributed by atoms with Gasteiger partial charge in [0, 0.05) is 11.3 Å². The second-order valence-electron chi connectivity index (χ2n) is 7.10. The molecule has 2 aromatic rings. The number of urea groups is 1. The molecule has 1 saturated heterocycles. The van der Waals surface area contributed by atoms with E-state index in [2.05, 4.69) is 15.6 Å². The Hall–Kier alpha value is -2.26. The number of carbonyl (C=O) groups excluding carboxylic acids is 3. The van der Waals surface area contributed by atoms with E-state index < -0.39 is 17.5 Å². The molecule has 9 heteroatoms. The molecule has 27 heavy (non-hydrogen) atoms. The van der Waals surface area contributed by atoms with Crippen LogP contribution >= 0.6 is 22.7 Å². The van der Waals surface area contributed by atoms with Crippen LogP contribution in [0.5, 0.6) is 0 Å². The van der Waals surface area contributed by atoms with Crippen molar-refractivity contribution in [2.45, 2.75) is 45.7 Å². The molecule has 1 atom stereocenters. The van der Waals surface area contributed by atoms with Gasteiger partial charge in [0.25, 0.3) is 5.91 Å². The van der Waals surface area contributed by atoms with E-state index in [0.29, 0.717) is 6.42 Å². The Balaban J connectivity index is 1.74. The largest absolute Gasteiger partial charge is 0.345 e. The molecule has 2 N–H and O–H groups in total. The monoisotopic (exact) mass is 406 g/mol. The molecule has 1 fully saturated rings. The summed E-state index contributed by atoms with van der Waals surface area (Å²) in [6, 6.07) is 1.16. The highest BCUT2D eigenvalue weighted by atomic mass is 32.1. The number of carbonyl (C=O) groups is 3. The van der Waals surface area contributed by atoms with Crippen molar-refractivity contribution in [1.29, 1.82) is 0 Å². The van der Waals surface area contributed by atoms with Crippen molar-refractivity contribution >= 4 is 40.5 Å². The number of rotatable bonds is 6. The van der Waals surface area contributed by atoms with Crippen molar-refractivity contribution in [3.63, 3.8) is 0 Å². The molecular weight excluding hydrogens is 384 g/mol. The van der Waals surface area contributed by atoms with Crippen molar-refractivity contribution < 1.29 is 14.4 Å². The Morgan fingerprint density at radius 3 is 2.63 bits per heavy atom. The van der Waals surface area contributed by atoms with E-state index in [9.17, 15) is 14.4 Å². The molecule has 1 aliphatic heterocycles. The highest BCUT2D eigenvalue weighted by Crippen LogP contribution is 2.26. The zero-order valence-corrected chi connectivity index (χ0v) is 17.3. The lowest BCUT2D eigenvalue weighted by Gasteiger charge is -2.19. The Labute approximate surface area is 165 Å². The number of nitrogens with zero attached hydrogens (tertiary/aromatic N) is 2. The van der Waals surface area contributed by atoms with Crippen molar-refractivity contribution in [2.24, 2.45) is 0 Å². The van der Waals surface area contributed by atoms with Crippen LogP contribution in [0.4, 0.5) is 4.79 Å². The average molecular weight is 407 g/mol. The fourth-order valence-electron chi connectivity index (χ4n) is 2.84. The van der Waals surface area contributed by atoms with Gasteiger partial charge in [0.05, 0.1) is 11.7 Å². The number of aryl methyl sites for hydroxylation is 2. The number of hydrogen-bond acceptors (Lipinski definition) is 6. The van der Waals surface area contributed by atoms with Gasteiger partial charge in [-0.15, -0.1) is 11.3 Å². The summed E-state index contributed by atoms with van der Waals surface area (Å²) in [5.74, 6) is -0.792. The van der Waals surface area contributed by atoms with E-state index in [1.807, 2.05) is 30.7 Å². The smallest absolute Gasteiger partial charge is 0.325 e. The molecule has 7 nitrogen and oxygen atoms in total. The van der Waals surface area contributed by atoms with Crippen LogP contribution in [-0.4, -0.2) is 39.8 Å². The molecule has 0 saturated carbocycles. The van der Waals surface area contributed by atoms with Crippen LogP contribution in [0.1, 0.15) is 41.0 Å².